The molecule has 2 heterocycles. The van der Waals surface area contributed by atoms with Gasteiger partial charge in [-0.25, -0.2) is 9.97 Å². The molecule has 4 nitrogen and oxygen atoms in total. The third kappa shape index (κ3) is 4.67. The van der Waals surface area contributed by atoms with Crippen LogP contribution in [0.1, 0.15) is 82.4 Å². The predicted molar refractivity (Wildman–Crippen MR) is 117 cm³/mol. The lowest BCUT2D eigenvalue weighted by atomic mass is 9.93. The zero-order valence-corrected chi connectivity index (χ0v) is 18.5. The van der Waals surface area contributed by atoms with Crippen molar-refractivity contribution in [3.05, 3.63) is 46.7 Å². The van der Waals surface area contributed by atoms with Crippen molar-refractivity contribution in [2.24, 2.45) is 5.92 Å². The van der Waals surface area contributed by atoms with Crippen molar-refractivity contribution >= 4 is 5.57 Å². The summed E-state index contributed by atoms with van der Waals surface area (Å²) in [7, 11) is 0. The fraction of sp³-hybridized carbons (Fsp3) is 0.542. The topological polar surface area (TPSA) is 58.9 Å². The minimum atomic E-state index is 0.178. The van der Waals surface area contributed by atoms with Gasteiger partial charge in [-0.2, -0.15) is 0 Å². The third-order valence-electron chi connectivity index (χ3n) is 5.33. The monoisotopic (exact) mass is 381 g/mol. The molecule has 0 bridgehead atoms. The highest BCUT2D eigenvalue weighted by molar-refractivity contribution is 5.70. The Bertz CT molecular complexity index is 840. The molecular formula is C24H35N3O. The summed E-state index contributed by atoms with van der Waals surface area (Å²) in [6.07, 6.45) is 4.52. The molecule has 2 aromatic rings. The first-order chi connectivity index (χ1) is 13.4. The fourth-order valence-corrected chi connectivity index (χ4v) is 3.62. The number of aliphatic hydroxyl groups is 1. The maximum absolute atomic E-state index is 9.34. The second-order valence-corrected chi connectivity index (χ2v) is 7.70. The Morgan fingerprint density at radius 3 is 2.25 bits per heavy atom. The molecule has 2 aromatic heterocycles. The summed E-state index contributed by atoms with van der Waals surface area (Å²) in [5.41, 5.74) is 8.30. The van der Waals surface area contributed by atoms with Gasteiger partial charge in [0.15, 0.2) is 0 Å². The van der Waals surface area contributed by atoms with Crippen molar-refractivity contribution in [1.82, 2.24) is 15.0 Å². The summed E-state index contributed by atoms with van der Waals surface area (Å²) in [6, 6.07) is 4.28. The molecule has 0 spiro atoms. The maximum atomic E-state index is 9.34. The summed E-state index contributed by atoms with van der Waals surface area (Å²) in [5, 5.41) is 9.34. The summed E-state index contributed by atoms with van der Waals surface area (Å²) in [5.74, 6) is 0.655. The number of nitrogens with zero attached hydrogens (tertiary/aromatic N) is 3. The van der Waals surface area contributed by atoms with E-state index in [-0.39, 0.29) is 12.5 Å². The highest BCUT2D eigenvalue weighted by atomic mass is 16.3. The minimum absolute atomic E-state index is 0.178. The molecule has 152 valence electrons. The number of allylic oxidation sites excluding steroid dienone is 2. The summed E-state index contributed by atoms with van der Waals surface area (Å²) in [6.45, 7) is 15.0. The van der Waals surface area contributed by atoms with Crippen LogP contribution in [0.3, 0.4) is 0 Å². The van der Waals surface area contributed by atoms with Crippen LogP contribution in [0.2, 0.25) is 0 Å². The number of aromatic nitrogens is 3. The van der Waals surface area contributed by atoms with Crippen LogP contribution >= 0.6 is 0 Å². The Morgan fingerprint density at radius 2 is 1.71 bits per heavy atom. The van der Waals surface area contributed by atoms with Crippen LogP contribution < -0.4 is 0 Å². The summed E-state index contributed by atoms with van der Waals surface area (Å²) < 4.78 is 0. The zero-order valence-electron chi connectivity index (χ0n) is 18.5. The first-order valence-electron chi connectivity index (χ1n) is 10.5. The van der Waals surface area contributed by atoms with Gasteiger partial charge in [-0.3, -0.25) is 4.98 Å². The molecule has 1 unspecified atom stereocenters. The van der Waals surface area contributed by atoms with E-state index in [2.05, 4.69) is 52.8 Å². The normalized spacial score (nSPS) is 13.2. The lowest BCUT2D eigenvalue weighted by Crippen LogP contribution is -2.10. The average molecular weight is 382 g/mol. The molecule has 28 heavy (non-hydrogen) atoms. The Balaban J connectivity index is 2.61. The average Bonchev–Trinajstić information content (AvgIpc) is 2.69. The Morgan fingerprint density at radius 1 is 1.04 bits per heavy atom. The number of aliphatic hydroxyl groups excluding tert-OH is 1. The van der Waals surface area contributed by atoms with E-state index < -0.39 is 0 Å². The molecule has 0 amide bonds. The minimum Gasteiger partial charge on any atom is -0.396 e. The van der Waals surface area contributed by atoms with Crippen molar-refractivity contribution in [3.63, 3.8) is 0 Å². The molecule has 2 rings (SSSR count). The van der Waals surface area contributed by atoms with Gasteiger partial charge in [-0.05, 0) is 62.7 Å². The zero-order chi connectivity index (χ0) is 20.8. The fourth-order valence-electron chi connectivity index (χ4n) is 3.62. The van der Waals surface area contributed by atoms with Crippen LogP contribution in [-0.4, -0.2) is 26.7 Å². The highest BCUT2D eigenvalue weighted by Crippen LogP contribution is 2.31. The van der Waals surface area contributed by atoms with E-state index in [1.807, 2.05) is 13.8 Å². The van der Waals surface area contributed by atoms with Gasteiger partial charge in [0, 0.05) is 23.6 Å². The van der Waals surface area contributed by atoms with E-state index in [9.17, 15) is 5.11 Å². The molecule has 0 saturated heterocycles. The summed E-state index contributed by atoms with van der Waals surface area (Å²) in [4.78, 5) is 14.9. The Kier molecular flexibility index (Phi) is 7.88. The van der Waals surface area contributed by atoms with E-state index >= 15 is 0 Å². The molecule has 4 heteroatoms. The van der Waals surface area contributed by atoms with Crippen molar-refractivity contribution in [2.45, 2.75) is 73.6 Å². The van der Waals surface area contributed by atoms with Crippen molar-refractivity contribution in [3.8, 4) is 11.3 Å². The van der Waals surface area contributed by atoms with Crippen molar-refractivity contribution in [2.75, 3.05) is 6.61 Å². The van der Waals surface area contributed by atoms with Crippen LogP contribution in [0.25, 0.3) is 16.8 Å². The Labute approximate surface area is 170 Å². The SMILES string of the molecule is C/C=C(\c1nc(CC)c(-c2ccc(C(C)C)nc2CC)nc1C)C(C)CCO. The molecule has 0 aliphatic heterocycles. The van der Waals surface area contributed by atoms with E-state index in [0.29, 0.717) is 5.92 Å². The quantitative estimate of drug-likeness (QED) is 0.654. The first-order valence-corrected chi connectivity index (χ1v) is 10.5. The highest BCUT2D eigenvalue weighted by Gasteiger charge is 2.20. The predicted octanol–water partition coefficient (Wildman–Crippen LogP) is 5.52. The Hall–Kier alpha value is -2.07. The van der Waals surface area contributed by atoms with Gasteiger partial charge in [0.05, 0.1) is 22.8 Å². The van der Waals surface area contributed by atoms with Crippen LogP contribution in [-0.2, 0) is 12.8 Å². The first kappa shape index (κ1) is 22.2. The molecule has 0 aliphatic carbocycles. The van der Waals surface area contributed by atoms with Crippen LogP contribution in [0.5, 0.6) is 0 Å². The molecule has 1 N–H and O–H groups in total. The van der Waals surface area contributed by atoms with E-state index in [4.69, 9.17) is 15.0 Å². The van der Waals surface area contributed by atoms with E-state index in [0.717, 1.165) is 64.6 Å². The number of rotatable bonds is 8. The van der Waals surface area contributed by atoms with Gasteiger partial charge >= 0.3 is 0 Å². The van der Waals surface area contributed by atoms with Gasteiger partial charge in [0.1, 0.15) is 0 Å². The number of pyridine rings is 1. The lowest BCUT2D eigenvalue weighted by molar-refractivity contribution is 0.275. The molecule has 0 fully saturated rings. The van der Waals surface area contributed by atoms with Crippen molar-refractivity contribution < 1.29 is 5.11 Å². The van der Waals surface area contributed by atoms with Crippen molar-refractivity contribution in [1.29, 1.82) is 0 Å². The molecular weight excluding hydrogens is 346 g/mol. The summed E-state index contributed by atoms with van der Waals surface area (Å²) >= 11 is 0. The largest absolute Gasteiger partial charge is 0.396 e. The lowest BCUT2D eigenvalue weighted by Gasteiger charge is -2.19. The van der Waals surface area contributed by atoms with Crippen LogP contribution in [0.4, 0.5) is 0 Å². The number of hydrogen-bond donors (Lipinski definition) is 1. The van der Waals surface area contributed by atoms with E-state index in [1.54, 1.807) is 0 Å². The van der Waals surface area contributed by atoms with Gasteiger partial charge < -0.3 is 5.11 Å². The maximum Gasteiger partial charge on any atom is 0.0939 e. The molecule has 0 aromatic carbocycles. The second kappa shape index (κ2) is 9.92. The smallest absolute Gasteiger partial charge is 0.0939 e. The van der Waals surface area contributed by atoms with Gasteiger partial charge in [-0.15, -0.1) is 0 Å². The third-order valence-corrected chi connectivity index (χ3v) is 5.33. The second-order valence-electron chi connectivity index (χ2n) is 7.70. The van der Waals surface area contributed by atoms with Gasteiger partial charge in [0.2, 0.25) is 0 Å². The van der Waals surface area contributed by atoms with Crippen LogP contribution in [0.15, 0.2) is 18.2 Å². The van der Waals surface area contributed by atoms with Crippen LogP contribution in [0, 0.1) is 12.8 Å². The molecule has 0 aliphatic rings. The number of hydrogen-bond acceptors (Lipinski definition) is 4. The van der Waals surface area contributed by atoms with Gasteiger partial charge in [-0.1, -0.05) is 40.7 Å². The molecule has 1 atom stereocenters. The van der Waals surface area contributed by atoms with E-state index in [1.165, 1.54) is 0 Å². The standard InChI is InChI=1S/C24H35N3O/c1-8-18(16(6)13-14-28)23-17(7)25-24(21(10-3)27-23)19-11-12-22(15(4)5)26-20(19)9-2/h8,11-12,15-16,28H,9-10,13-14H2,1-7H3/b18-8-. The molecule has 0 radical (unpaired) electrons. The molecule has 0 saturated carbocycles. The van der Waals surface area contributed by atoms with Gasteiger partial charge in [0.25, 0.3) is 0 Å². The number of aryl methyl sites for hydroxylation is 3.